The molecule has 1 amide bonds. The number of benzene rings is 1. The van der Waals surface area contributed by atoms with Crippen LogP contribution in [0.1, 0.15) is 21.5 Å². The largest absolute Gasteiger partial charge is 0.321 e. The second-order valence-corrected chi connectivity index (χ2v) is 4.72. The number of pyridine rings is 1. The minimum Gasteiger partial charge on any atom is -0.321 e. The first-order valence-corrected chi connectivity index (χ1v) is 6.66. The van der Waals surface area contributed by atoms with Crippen LogP contribution in [-0.4, -0.2) is 24.5 Å². The van der Waals surface area contributed by atoms with Gasteiger partial charge in [0.1, 0.15) is 0 Å². The van der Waals surface area contributed by atoms with Gasteiger partial charge in [-0.15, -0.1) is 12.4 Å². The van der Waals surface area contributed by atoms with Gasteiger partial charge in [0.15, 0.2) is 0 Å². The molecule has 0 radical (unpaired) electrons. The number of rotatable bonds is 5. The standard InChI is InChI=1S/C16H19N3O.ClH/c1-12-9-14(11-18-10-12)19-16(20)15-6-4-3-5-13(15)7-8-17-2;/h3-6,9-11,17H,7-8H2,1-2H3,(H,19,20);1H. The van der Waals surface area contributed by atoms with Gasteiger partial charge < -0.3 is 10.6 Å². The molecule has 0 aliphatic rings. The van der Waals surface area contributed by atoms with Gasteiger partial charge in [-0.1, -0.05) is 18.2 Å². The fraction of sp³-hybridized carbons (Fsp3) is 0.250. The Hall–Kier alpha value is -1.91. The minimum atomic E-state index is -0.0934. The van der Waals surface area contributed by atoms with Crippen molar-refractivity contribution >= 4 is 24.0 Å². The Kier molecular flexibility index (Phi) is 6.85. The lowest BCUT2D eigenvalue weighted by atomic mass is 10.0. The second kappa shape index (κ2) is 8.39. The lowest BCUT2D eigenvalue weighted by Crippen LogP contribution is -2.17. The number of carbonyl (C=O) groups excluding carboxylic acids is 1. The van der Waals surface area contributed by atoms with E-state index in [1.54, 1.807) is 12.4 Å². The minimum absolute atomic E-state index is 0. The highest BCUT2D eigenvalue weighted by molar-refractivity contribution is 6.05. The molecular formula is C16H20ClN3O. The average molecular weight is 306 g/mol. The third kappa shape index (κ3) is 4.85. The predicted molar refractivity (Wildman–Crippen MR) is 88.2 cm³/mol. The van der Waals surface area contributed by atoms with E-state index in [2.05, 4.69) is 15.6 Å². The van der Waals surface area contributed by atoms with E-state index in [1.165, 1.54) is 0 Å². The highest BCUT2D eigenvalue weighted by Crippen LogP contribution is 2.13. The zero-order chi connectivity index (χ0) is 14.4. The highest BCUT2D eigenvalue weighted by Gasteiger charge is 2.10. The van der Waals surface area contributed by atoms with Crippen LogP contribution in [0.3, 0.4) is 0 Å². The molecule has 0 saturated heterocycles. The van der Waals surface area contributed by atoms with E-state index in [0.717, 1.165) is 29.8 Å². The van der Waals surface area contributed by atoms with E-state index in [1.807, 2.05) is 44.3 Å². The van der Waals surface area contributed by atoms with E-state index < -0.39 is 0 Å². The average Bonchev–Trinajstić information content (AvgIpc) is 2.45. The molecule has 2 N–H and O–H groups in total. The van der Waals surface area contributed by atoms with Crippen LogP contribution < -0.4 is 10.6 Å². The van der Waals surface area contributed by atoms with Crippen molar-refractivity contribution in [2.24, 2.45) is 0 Å². The molecular weight excluding hydrogens is 286 g/mol. The Morgan fingerprint density at radius 2 is 2.00 bits per heavy atom. The lowest BCUT2D eigenvalue weighted by Gasteiger charge is -2.10. The number of aromatic nitrogens is 1. The van der Waals surface area contributed by atoms with Gasteiger partial charge in [-0.25, -0.2) is 0 Å². The van der Waals surface area contributed by atoms with E-state index in [0.29, 0.717) is 5.56 Å². The Labute approximate surface area is 131 Å². The third-order valence-electron chi connectivity index (χ3n) is 3.04. The molecule has 2 aromatic rings. The summed E-state index contributed by atoms with van der Waals surface area (Å²) in [5.41, 5.74) is 3.49. The van der Waals surface area contributed by atoms with Crippen molar-refractivity contribution in [1.82, 2.24) is 10.3 Å². The Balaban J connectivity index is 0.00000220. The molecule has 1 aromatic heterocycles. The summed E-state index contributed by atoms with van der Waals surface area (Å²) in [4.78, 5) is 16.4. The van der Waals surface area contributed by atoms with Gasteiger partial charge in [0, 0.05) is 11.8 Å². The van der Waals surface area contributed by atoms with Gasteiger partial charge in [-0.3, -0.25) is 9.78 Å². The van der Waals surface area contributed by atoms with Crippen LogP contribution in [0.2, 0.25) is 0 Å². The Bertz CT molecular complexity index is 602. The lowest BCUT2D eigenvalue weighted by molar-refractivity contribution is 0.102. The maximum atomic E-state index is 12.4. The molecule has 0 aliphatic carbocycles. The number of hydrogen-bond donors (Lipinski definition) is 2. The summed E-state index contributed by atoms with van der Waals surface area (Å²) in [7, 11) is 1.90. The summed E-state index contributed by atoms with van der Waals surface area (Å²) < 4.78 is 0. The number of likely N-dealkylation sites (N-methyl/N-ethyl adjacent to an activating group) is 1. The number of carbonyl (C=O) groups is 1. The van der Waals surface area contributed by atoms with Gasteiger partial charge in [0.05, 0.1) is 11.9 Å². The fourth-order valence-corrected chi connectivity index (χ4v) is 2.04. The normalized spacial score (nSPS) is 9.81. The smallest absolute Gasteiger partial charge is 0.255 e. The molecule has 0 spiro atoms. The maximum absolute atomic E-state index is 12.4. The van der Waals surface area contributed by atoms with Crippen molar-refractivity contribution < 1.29 is 4.79 Å². The second-order valence-electron chi connectivity index (χ2n) is 4.72. The molecule has 0 unspecified atom stereocenters. The third-order valence-corrected chi connectivity index (χ3v) is 3.04. The van der Waals surface area contributed by atoms with Crippen molar-refractivity contribution in [3.8, 4) is 0 Å². The monoisotopic (exact) mass is 305 g/mol. The van der Waals surface area contributed by atoms with Crippen LogP contribution in [0, 0.1) is 6.92 Å². The van der Waals surface area contributed by atoms with Crippen molar-refractivity contribution in [1.29, 1.82) is 0 Å². The number of anilines is 1. The van der Waals surface area contributed by atoms with Crippen molar-refractivity contribution in [3.63, 3.8) is 0 Å². The summed E-state index contributed by atoms with van der Waals surface area (Å²) in [5.74, 6) is -0.0934. The van der Waals surface area contributed by atoms with E-state index in [-0.39, 0.29) is 18.3 Å². The van der Waals surface area contributed by atoms with E-state index in [9.17, 15) is 4.79 Å². The quantitative estimate of drug-likeness (QED) is 0.893. The molecule has 0 aliphatic heterocycles. The van der Waals surface area contributed by atoms with Gasteiger partial charge in [-0.2, -0.15) is 0 Å². The van der Waals surface area contributed by atoms with Gasteiger partial charge in [-0.05, 0) is 50.2 Å². The van der Waals surface area contributed by atoms with Crippen molar-refractivity contribution in [2.75, 3.05) is 18.9 Å². The Morgan fingerprint density at radius 3 is 2.71 bits per heavy atom. The molecule has 1 aromatic carbocycles. The molecule has 1 heterocycles. The Morgan fingerprint density at radius 1 is 1.24 bits per heavy atom. The SMILES string of the molecule is CNCCc1ccccc1C(=O)Nc1cncc(C)c1.Cl. The van der Waals surface area contributed by atoms with Crippen LogP contribution in [-0.2, 0) is 6.42 Å². The molecule has 21 heavy (non-hydrogen) atoms. The van der Waals surface area contributed by atoms with Crippen LogP contribution in [0.25, 0.3) is 0 Å². The van der Waals surface area contributed by atoms with Crippen LogP contribution >= 0.6 is 12.4 Å². The van der Waals surface area contributed by atoms with Crippen molar-refractivity contribution in [3.05, 3.63) is 59.4 Å². The summed E-state index contributed by atoms with van der Waals surface area (Å²) >= 11 is 0. The first kappa shape index (κ1) is 17.1. The number of nitrogens with zero attached hydrogens (tertiary/aromatic N) is 1. The number of aryl methyl sites for hydroxylation is 1. The molecule has 112 valence electrons. The van der Waals surface area contributed by atoms with E-state index in [4.69, 9.17) is 0 Å². The zero-order valence-electron chi connectivity index (χ0n) is 12.2. The molecule has 0 saturated carbocycles. The molecule has 5 heteroatoms. The molecule has 0 bridgehead atoms. The summed E-state index contributed by atoms with van der Waals surface area (Å²) in [6.07, 6.45) is 4.24. The number of nitrogens with one attached hydrogen (secondary N) is 2. The van der Waals surface area contributed by atoms with Gasteiger partial charge >= 0.3 is 0 Å². The molecule has 2 rings (SSSR count). The van der Waals surface area contributed by atoms with Gasteiger partial charge in [0.25, 0.3) is 5.91 Å². The molecule has 0 fully saturated rings. The van der Waals surface area contributed by atoms with Crippen LogP contribution in [0.15, 0.2) is 42.7 Å². The number of amides is 1. The predicted octanol–water partition coefficient (Wildman–Crippen LogP) is 2.83. The first-order chi connectivity index (χ1) is 9.70. The highest BCUT2D eigenvalue weighted by atomic mass is 35.5. The topological polar surface area (TPSA) is 54.0 Å². The van der Waals surface area contributed by atoms with Gasteiger partial charge in [0.2, 0.25) is 0 Å². The molecule has 0 atom stereocenters. The summed E-state index contributed by atoms with van der Waals surface area (Å²) in [6.45, 7) is 2.79. The molecule has 4 nitrogen and oxygen atoms in total. The summed E-state index contributed by atoms with van der Waals surface area (Å²) in [5, 5.41) is 5.99. The first-order valence-electron chi connectivity index (χ1n) is 6.66. The van der Waals surface area contributed by atoms with Crippen LogP contribution in [0.4, 0.5) is 5.69 Å². The summed E-state index contributed by atoms with van der Waals surface area (Å²) in [6, 6.07) is 9.58. The van der Waals surface area contributed by atoms with E-state index >= 15 is 0 Å². The number of hydrogen-bond acceptors (Lipinski definition) is 3. The van der Waals surface area contributed by atoms with Crippen LogP contribution in [0.5, 0.6) is 0 Å². The fourth-order valence-electron chi connectivity index (χ4n) is 2.04. The zero-order valence-corrected chi connectivity index (χ0v) is 13.0. The number of halogens is 1. The van der Waals surface area contributed by atoms with Crippen molar-refractivity contribution in [2.45, 2.75) is 13.3 Å². The maximum Gasteiger partial charge on any atom is 0.255 e.